The molecular formula is C89H120BrCl3N7O6PPdS5Sn. The van der Waals surface area contributed by atoms with Gasteiger partial charge >= 0.3 is 155 Å². The van der Waals surface area contributed by atoms with Gasteiger partial charge in [-0.15, -0.1) is 68.3 Å². The number of carbonyl (C=O) groups excluding carboxylic acids is 3. The molecule has 114 heavy (non-hydrogen) atoms. The molecule has 624 valence electrons. The van der Waals surface area contributed by atoms with Crippen LogP contribution < -0.4 is 21.2 Å². The Bertz CT molecular complexity index is 3970. The number of ether oxygens (including phenoxy) is 3. The Balaban J connectivity index is 0.000000339. The van der Waals surface area contributed by atoms with Crippen molar-refractivity contribution in [1.29, 1.82) is 0 Å². The van der Waals surface area contributed by atoms with E-state index < -0.39 is 26.3 Å². The Labute approximate surface area is 737 Å². The minimum atomic E-state index is -1.85. The van der Waals surface area contributed by atoms with Crippen molar-refractivity contribution in [1.82, 2.24) is 35.1 Å². The largest absolute Gasteiger partial charge is 0.317 e. The Morgan fingerprint density at radius 2 is 0.877 bits per heavy atom. The average Bonchev–Trinajstić information content (AvgIpc) is 1.22. The number of benzene rings is 5. The van der Waals surface area contributed by atoms with Crippen LogP contribution in [0.25, 0.3) is 6.08 Å². The van der Waals surface area contributed by atoms with Crippen LogP contribution in [0.2, 0.25) is 13.3 Å². The van der Waals surface area contributed by atoms with E-state index in [0.29, 0.717) is 44.2 Å². The molecule has 0 amide bonds. The zero-order valence-electron chi connectivity index (χ0n) is 67.2. The Hall–Kier alpha value is -4.70. The number of rotatable bonds is 28. The number of alkyl halides is 1. The molecule has 1 N–H and O–H groups in total. The van der Waals surface area contributed by atoms with Crippen molar-refractivity contribution in [2.24, 2.45) is 0 Å². The second kappa shape index (κ2) is 64.3. The third-order valence-corrected chi connectivity index (χ3v) is 40.5. The van der Waals surface area contributed by atoms with Crippen LogP contribution in [0.15, 0.2) is 204 Å². The molecule has 2 saturated heterocycles. The minimum Gasteiger partial charge on any atom is -0.317 e. The molecule has 2 aliphatic heterocycles. The first-order chi connectivity index (χ1) is 55.1. The molecule has 7 heterocycles. The first kappa shape index (κ1) is 103. The van der Waals surface area contributed by atoms with Crippen LogP contribution in [0.4, 0.5) is 0 Å². The summed E-state index contributed by atoms with van der Waals surface area (Å²) in [5.74, 6) is 1.25. The van der Waals surface area contributed by atoms with Crippen LogP contribution in [0, 0.1) is 0 Å². The molecule has 0 aliphatic carbocycles. The van der Waals surface area contributed by atoms with Crippen LogP contribution in [0.5, 0.6) is 0 Å². The van der Waals surface area contributed by atoms with E-state index in [-0.39, 0.29) is 41.3 Å². The molecule has 0 bridgehead atoms. The molecule has 2 fully saturated rings. The summed E-state index contributed by atoms with van der Waals surface area (Å²) >= 11 is 14.3. The number of piperidine rings is 2. The number of esters is 3. The van der Waals surface area contributed by atoms with E-state index in [9.17, 15) is 14.4 Å². The van der Waals surface area contributed by atoms with Gasteiger partial charge < -0.3 is 19.5 Å². The molecule has 5 aromatic heterocycles. The predicted octanol–water partition coefficient (Wildman–Crippen LogP) is 25.6. The summed E-state index contributed by atoms with van der Waals surface area (Å²) in [5, 5.41) is 11.7. The molecule has 0 unspecified atom stereocenters. The van der Waals surface area contributed by atoms with Crippen LogP contribution in [-0.4, -0.2) is 112 Å². The molecule has 0 radical (unpaired) electrons. The van der Waals surface area contributed by atoms with Crippen molar-refractivity contribution in [2.75, 3.05) is 46.0 Å². The van der Waals surface area contributed by atoms with E-state index in [2.05, 4.69) is 261 Å². The van der Waals surface area contributed by atoms with Crippen LogP contribution in [-0.2, 0) is 61.8 Å². The summed E-state index contributed by atoms with van der Waals surface area (Å²) in [7, 11) is 9.18. The molecule has 13 nitrogen and oxygen atoms in total. The third kappa shape index (κ3) is 41.3. The zero-order chi connectivity index (χ0) is 82.1. The van der Waals surface area contributed by atoms with Gasteiger partial charge in [0.15, 0.2) is 3.92 Å². The van der Waals surface area contributed by atoms with Gasteiger partial charge in [-0.1, -0.05) is 186 Å². The number of nitrogens with one attached hydrogen (secondary N) is 1. The molecule has 2 aliphatic rings. The quantitative estimate of drug-likeness (QED) is 0.0162. The number of aryl methyl sites for hydroxylation is 3. The Morgan fingerprint density at radius 1 is 0.518 bits per heavy atom. The number of aromatic nitrogens is 5. The monoisotopic (exact) mass is 1980 g/mol. The van der Waals surface area contributed by atoms with Crippen molar-refractivity contribution in [2.45, 2.75) is 191 Å². The first-order valence-corrected chi connectivity index (χ1v) is 57.6. The van der Waals surface area contributed by atoms with Gasteiger partial charge in [-0.05, 0) is 161 Å². The SMILES string of the molecule is C.C=Cc1ncc(C(=O)OCC)s1.C=[CH][Sn]([CH2]CCC)([CH2]CCC)[CH2]CCC.CCOC(=O)c1cnc(Br)s1.CCOC(=O)c1cnc(CC)s1.CCc1ncc(CCl)s1.CCc1ncc(CN2CCC(c3ccccc3)CC2)s1.[Cl][Pd][Cl].c1ccc(C2CCNCC2)cc1.c1ccc(P(c2ccccc2)c2ccccc2)cc1. The number of hydrogen-bond acceptors (Lipinski definition) is 18. The van der Waals surface area contributed by atoms with Gasteiger partial charge in [0.1, 0.15) is 19.6 Å². The van der Waals surface area contributed by atoms with Crippen molar-refractivity contribution < 1.29 is 44.5 Å². The summed E-state index contributed by atoms with van der Waals surface area (Å²) in [6, 6.07) is 54.1. The van der Waals surface area contributed by atoms with Gasteiger partial charge in [0.25, 0.3) is 0 Å². The van der Waals surface area contributed by atoms with Gasteiger partial charge in [-0.25, -0.2) is 39.3 Å². The number of unbranched alkanes of at least 4 members (excludes halogenated alkanes) is 3. The van der Waals surface area contributed by atoms with E-state index in [4.69, 9.17) is 44.9 Å². The fourth-order valence-corrected chi connectivity index (χ4v) is 31.5. The Kier molecular flexibility index (Phi) is 58.3. The summed E-state index contributed by atoms with van der Waals surface area (Å²) in [5.41, 5.74) is 3.03. The van der Waals surface area contributed by atoms with E-state index in [1.54, 1.807) is 57.7 Å². The second-order valence-electron chi connectivity index (χ2n) is 25.8. The molecule has 10 aromatic rings. The number of halogens is 4. The number of carbonyl (C=O) groups is 3. The molecule has 0 saturated carbocycles. The molecule has 25 heteroatoms. The van der Waals surface area contributed by atoms with E-state index in [1.165, 1.54) is 179 Å². The first-order valence-electron chi connectivity index (χ1n) is 39.1. The zero-order valence-corrected chi connectivity index (χ0v) is 80.4. The van der Waals surface area contributed by atoms with Gasteiger partial charge in [0.2, 0.25) is 0 Å². The Morgan fingerprint density at radius 3 is 1.22 bits per heavy atom. The molecule has 0 atom stereocenters. The number of likely N-dealkylation sites (tertiary alicyclic amines) is 1. The second-order valence-corrected chi connectivity index (χ2v) is 50.8. The van der Waals surface area contributed by atoms with Gasteiger partial charge in [-0.2, -0.15) is 0 Å². The number of hydrogen-bond donors (Lipinski definition) is 1. The number of thiazole rings is 5. The van der Waals surface area contributed by atoms with Crippen LogP contribution in [0.1, 0.15) is 216 Å². The fraction of sp³-hybridized carbons (Fsp3) is 0.416. The van der Waals surface area contributed by atoms with Crippen LogP contribution >= 0.6 is 111 Å². The maximum Gasteiger partial charge on any atom is -0.00431 e. The van der Waals surface area contributed by atoms with E-state index >= 15 is 0 Å². The minimum absolute atomic E-state index is 0. The summed E-state index contributed by atoms with van der Waals surface area (Å²) < 4.78 is 22.2. The van der Waals surface area contributed by atoms with E-state index in [0.717, 1.165) is 52.5 Å². The van der Waals surface area contributed by atoms with E-state index in [1.807, 2.05) is 24.5 Å². The molecule has 12 rings (SSSR count). The van der Waals surface area contributed by atoms with Gasteiger partial charge in [0.05, 0.1) is 59.3 Å². The summed E-state index contributed by atoms with van der Waals surface area (Å²) in [6.07, 6.45) is 26.6. The smallest absolute Gasteiger partial charge is 0.00431 e. The van der Waals surface area contributed by atoms with Crippen molar-refractivity contribution in [3.05, 3.63) is 259 Å². The molecular weight excluding hydrogens is 1870 g/mol. The third-order valence-electron chi connectivity index (χ3n) is 17.8. The fourth-order valence-electron chi connectivity index (χ4n) is 11.9. The summed E-state index contributed by atoms with van der Waals surface area (Å²) in [4.78, 5) is 60.4. The maximum absolute atomic E-state index is 11.1. The average molecular weight is 1990 g/mol. The van der Waals surface area contributed by atoms with Crippen molar-refractivity contribution in [3.8, 4) is 0 Å². The van der Waals surface area contributed by atoms with Crippen molar-refractivity contribution >= 4 is 169 Å². The van der Waals surface area contributed by atoms with Crippen LogP contribution in [0.3, 0.4) is 0 Å². The standard InChI is InChI=1S/C18H15P.C17H22N2S.C11H15N.C8H11NO2S.C8H9NO2S.C6H6BrNO2S.C6H8ClNS.3C4H9.C2H3.CH4.2ClH.Pd.Sn/c1-4-10-16(11-5-1)19(17-12-6-2-7-13-17)18-14-8-3-9-15-18;1-2-17-18-12-16(20-17)13-19-10-8-15(9-11-19)14-6-4-3-5-7-14;1-2-4-10(5-3-1)11-6-8-12-9-7-11;2*1-3-7-9-5-6(12-7)8(10)11-4-2;1-2-10-5(9)4-3-8-6(7)11-4;1-2-6-8-4-5(3-7)9-6;3*1-3-4-2;1-2;;;;;/h1-15H;3-7,12,15H,2,8-11,13H2,1H3;1-5,11-12H,6-9H2;5H,3-4H2,1-2H3;3,5H,1,4H2,2H3;3H,2H2,1H3;4H,2-3H2,1H3;3*1,3-4H2,2H3;1H,2H2;1H4;2*1H;;/q;;;;;;;;;;;;;;+2;/p-2. The van der Waals surface area contributed by atoms with Gasteiger partial charge in [-0.3, -0.25) is 4.90 Å². The van der Waals surface area contributed by atoms with Gasteiger partial charge in [0, 0.05) is 28.7 Å². The summed E-state index contributed by atoms with van der Waals surface area (Å²) in [6.45, 7) is 33.4. The topological polar surface area (TPSA) is 159 Å². The normalized spacial score (nSPS) is 12.3. The molecule has 0 spiro atoms. The van der Waals surface area contributed by atoms with Crippen molar-refractivity contribution in [3.63, 3.8) is 0 Å². The maximum atomic E-state index is 11.1. The molecule has 5 aromatic carbocycles. The predicted molar refractivity (Wildman–Crippen MR) is 498 cm³/mol. The number of nitrogens with zero attached hydrogens (tertiary/aromatic N) is 6.